The predicted molar refractivity (Wildman–Crippen MR) is 75.2 cm³/mol. The normalized spacial score (nSPS) is 10.6. The van der Waals surface area contributed by atoms with E-state index in [0.29, 0.717) is 31.4 Å². The molecule has 0 saturated carbocycles. The van der Waals surface area contributed by atoms with E-state index in [9.17, 15) is 9.18 Å². The molecule has 1 rings (SSSR count). The fourth-order valence-corrected chi connectivity index (χ4v) is 1.41. The predicted octanol–water partition coefficient (Wildman–Crippen LogP) is 2.38. The molecule has 1 aromatic rings. The number of carbonyl (C=O) groups is 1. The van der Waals surface area contributed by atoms with E-state index in [0.717, 1.165) is 6.42 Å². The average molecular weight is 283 g/mol. The average Bonchev–Trinajstić information content (AvgIpc) is 2.41. The highest BCUT2D eigenvalue weighted by Gasteiger charge is 2.02. The molecular formula is C15H22FNO3. The Morgan fingerprint density at radius 3 is 2.60 bits per heavy atom. The molecule has 20 heavy (non-hydrogen) atoms. The van der Waals surface area contributed by atoms with Crippen molar-refractivity contribution in [2.24, 2.45) is 5.92 Å². The molecule has 0 saturated heterocycles. The molecule has 0 fully saturated rings. The van der Waals surface area contributed by atoms with Gasteiger partial charge in [0.25, 0.3) is 5.91 Å². The van der Waals surface area contributed by atoms with Crippen LogP contribution in [0.2, 0.25) is 0 Å². The summed E-state index contributed by atoms with van der Waals surface area (Å²) in [5.41, 5.74) is 0. The van der Waals surface area contributed by atoms with Crippen LogP contribution >= 0.6 is 0 Å². The number of halogens is 1. The van der Waals surface area contributed by atoms with Crippen LogP contribution in [0.3, 0.4) is 0 Å². The first-order valence-electron chi connectivity index (χ1n) is 6.80. The molecule has 1 aromatic carbocycles. The minimum atomic E-state index is -0.333. The summed E-state index contributed by atoms with van der Waals surface area (Å²) >= 11 is 0. The van der Waals surface area contributed by atoms with E-state index in [4.69, 9.17) is 9.47 Å². The van der Waals surface area contributed by atoms with Gasteiger partial charge in [-0.2, -0.15) is 0 Å². The van der Waals surface area contributed by atoms with Crippen molar-refractivity contribution >= 4 is 5.91 Å². The second kappa shape index (κ2) is 9.31. The van der Waals surface area contributed by atoms with Crippen LogP contribution in [0, 0.1) is 11.7 Å². The Hall–Kier alpha value is -1.62. The van der Waals surface area contributed by atoms with Gasteiger partial charge in [0.15, 0.2) is 6.61 Å². The molecular weight excluding hydrogens is 261 g/mol. The molecule has 0 radical (unpaired) electrons. The highest BCUT2D eigenvalue weighted by molar-refractivity contribution is 5.77. The van der Waals surface area contributed by atoms with Crippen LogP contribution in [0.4, 0.5) is 4.39 Å². The van der Waals surface area contributed by atoms with Crippen molar-refractivity contribution in [3.8, 4) is 5.75 Å². The lowest BCUT2D eigenvalue weighted by Gasteiger charge is -2.09. The maximum atomic E-state index is 12.7. The molecule has 0 aliphatic carbocycles. The third-order valence-corrected chi connectivity index (χ3v) is 2.59. The number of hydrogen-bond donors (Lipinski definition) is 1. The van der Waals surface area contributed by atoms with E-state index in [-0.39, 0.29) is 18.3 Å². The van der Waals surface area contributed by atoms with Crippen molar-refractivity contribution in [1.82, 2.24) is 5.32 Å². The van der Waals surface area contributed by atoms with Crippen LogP contribution < -0.4 is 10.1 Å². The summed E-state index contributed by atoms with van der Waals surface area (Å²) in [5, 5.41) is 2.69. The molecule has 0 spiro atoms. The zero-order valence-electron chi connectivity index (χ0n) is 12.0. The smallest absolute Gasteiger partial charge is 0.258 e. The van der Waals surface area contributed by atoms with Crippen LogP contribution in [0.5, 0.6) is 5.75 Å². The van der Waals surface area contributed by atoms with E-state index in [1.54, 1.807) is 0 Å². The van der Waals surface area contributed by atoms with E-state index in [2.05, 4.69) is 19.2 Å². The van der Waals surface area contributed by atoms with E-state index < -0.39 is 0 Å². The quantitative estimate of drug-likeness (QED) is 0.708. The Morgan fingerprint density at radius 2 is 1.95 bits per heavy atom. The SMILES string of the molecule is CC(C)CCOCCNC(=O)COc1ccc(F)cc1. The largest absolute Gasteiger partial charge is 0.484 e. The second-order valence-corrected chi connectivity index (χ2v) is 4.89. The summed E-state index contributed by atoms with van der Waals surface area (Å²) in [5.74, 6) is 0.533. The second-order valence-electron chi connectivity index (χ2n) is 4.89. The van der Waals surface area contributed by atoms with Gasteiger partial charge in [0, 0.05) is 13.2 Å². The fraction of sp³-hybridized carbons (Fsp3) is 0.533. The Balaban J connectivity index is 2.04. The Labute approximate surface area is 119 Å². The summed E-state index contributed by atoms with van der Waals surface area (Å²) in [7, 11) is 0. The summed E-state index contributed by atoms with van der Waals surface area (Å²) in [6.07, 6.45) is 1.02. The Bertz CT molecular complexity index is 393. The number of hydrogen-bond acceptors (Lipinski definition) is 3. The monoisotopic (exact) mass is 283 g/mol. The van der Waals surface area contributed by atoms with Crippen molar-refractivity contribution in [3.63, 3.8) is 0 Å². The van der Waals surface area contributed by atoms with Gasteiger partial charge in [-0.1, -0.05) is 13.8 Å². The van der Waals surface area contributed by atoms with E-state index in [1.807, 2.05) is 0 Å². The first-order valence-corrected chi connectivity index (χ1v) is 6.80. The number of benzene rings is 1. The van der Waals surface area contributed by atoms with Gasteiger partial charge < -0.3 is 14.8 Å². The summed E-state index contributed by atoms with van der Waals surface area (Å²) in [4.78, 5) is 11.5. The number of nitrogens with one attached hydrogen (secondary N) is 1. The van der Waals surface area contributed by atoms with Crippen molar-refractivity contribution in [1.29, 1.82) is 0 Å². The minimum absolute atomic E-state index is 0.0857. The standard InChI is InChI=1S/C15H22FNO3/c1-12(2)7-9-19-10-8-17-15(18)11-20-14-5-3-13(16)4-6-14/h3-6,12H,7-11H2,1-2H3,(H,17,18). The van der Waals surface area contributed by atoms with Crippen molar-refractivity contribution in [3.05, 3.63) is 30.1 Å². The van der Waals surface area contributed by atoms with Gasteiger partial charge in [0.1, 0.15) is 11.6 Å². The molecule has 0 atom stereocenters. The van der Waals surface area contributed by atoms with Gasteiger partial charge in [-0.15, -0.1) is 0 Å². The summed E-state index contributed by atoms with van der Waals surface area (Å²) in [6.45, 7) is 5.85. The van der Waals surface area contributed by atoms with Crippen molar-refractivity contribution in [2.45, 2.75) is 20.3 Å². The maximum absolute atomic E-state index is 12.7. The molecule has 0 aliphatic heterocycles. The van der Waals surface area contributed by atoms with Crippen LogP contribution in [-0.4, -0.2) is 32.3 Å². The van der Waals surface area contributed by atoms with Gasteiger partial charge in [0.05, 0.1) is 6.61 Å². The lowest BCUT2D eigenvalue weighted by atomic mass is 10.1. The van der Waals surface area contributed by atoms with Crippen LogP contribution in [0.15, 0.2) is 24.3 Å². The fourth-order valence-electron chi connectivity index (χ4n) is 1.41. The molecule has 1 amide bonds. The highest BCUT2D eigenvalue weighted by atomic mass is 19.1. The summed E-state index contributed by atoms with van der Waals surface area (Å²) in [6, 6.07) is 5.54. The van der Waals surface area contributed by atoms with Crippen LogP contribution in [-0.2, 0) is 9.53 Å². The third kappa shape index (κ3) is 7.74. The number of ether oxygens (including phenoxy) is 2. The van der Waals surface area contributed by atoms with Gasteiger partial charge >= 0.3 is 0 Å². The molecule has 0 aromatic heterocycles. The van der Waals surface area contributed by atoms with Crippen LogP contribution in [0.1, 0.15) is 20.3 Å². The van der Waals surface area contributed by atoms with Crippen molar-refractivity contribution < 1.29 is 18.7 Å². The van der Waals surface area contributed by atoms with Crippen LogP contribution in [0.25, 0.3) is 0 Å². The minimum Gasteiger partial charge on any atom is -0.484 e. The maximum Gasteiger partial charge on any atom is 0.258 e. The van der Waals surface area contributed by atoms with E-state index in [1.165, 1.54) is 24.3 Å². The first-order chi connectivity index (χ1) is 9.58. The summed E-state index contributed by atoms with van der Waals surface area (Å²) < 4.78 is 23.2. The molecule has 0 unspecified atom stereocenters. The molecule has 4 nitrogen and oxygen atoms in total. The van der Waals surface area contributed by atoms with Gasteiger partial charge in [-0.25, -0.2) is 4.39 Å². The van der Waals surface area contributed by atoms with Gasteiger partial charge in [-0.05, 0) is 36.6 Å². The number of carbonyl (C=O) groups excluding carboxylic acids is 1. The Morgan fingerprint density at radius 1 is 1.25 bits per heavy atom. The molecule has 0 heterocycles. The van der Waals surface area contributed by atoms with E-state index >= 15 is 0 Å². The molecule has 0 aliphatic rings. The molecule has 0 bridgehead atoms. The first kappa shape index (κ1) is 16.4. The molecule has 5 heteroatoms. The van der Waals surface area contributed by atoms with Gasteiger partial charge in [-0.3, -0.25) is 4.79 Å². The topological polar surface area (TPSA) is 47.6 Å². The molecule has 112 valence electrons. The highest BCUT2D eigenvalue weighted by Crippen LogP contribution is 2.10. The van der Waals surface area contributed by atoms with Gasteiger partial charge in [0.2, 0.25) is 0 Å². The Kier molecular flexibility index (Phi) is 7.65. The number of amides is 1. The number of rotatable bonds is 9. The third-order valence-electron chi connectivity index (χ3n) is 2.59. The molecule has 1 N–H and O–H groups in total. The lowest BCUT2D eigenvalue weighted by Crippen LogP contribution is -2.31. The van der Waals surface area contributed by atoms with Crippen molar-refractivity contribution in [2.75, 3.05) is 26.4 Å². The lowest BCUT2D eigenvalue weighted by molar-refractivity contribution is -0.123. The zero-order chi connectivity index (χ0) is 14.8. The zero-order valence-corrected chi connectivity index (χ0v) is 12.0.